The number of benzene rings is 1. The predicted octanol–water partition coefficient (Wildman–Crippen LogP) is 3.36. The van der Waals surface area contributed by atoms with Crippen LogP contribution in [0.2, 0.25) is 10.0 Å². The number of thioether (sulfide) groups is 1. The normalized spacial score (nSPS) is 9.84. The maximum atomic E-state index is 11.5. The molecule has 3 nitrogen and oxygen atoms in total. The highest BCUT2D eigenvalue weighted by Gasteiger charge is 2.06. The molecule has 3 N–H and O–H groups in total. The largest absolute Gasteiger partial charge is 0.355 e. The fraction of sp³-hybridized carbons (Fsp3) is 0.417. The van der Waals surface area contributed by atoms with Crippen LogP contribution in [-0.4, -0.2) is 24.7 Å². The van der Waals surface area contributed by atoms with E-state index < -0.39 is 0 Å². The molecular weight excluding hydrogens is 327 g/mol. The number of carbonyl (C=O) groups is 1. The first-order chi connectivity index (χ1) is 8.63. The minimum absolute atomic E-state index is 0. The van der Waals surface area contributed by atoms with Crippen molar-refractivity contribution in [3.63, 3.8) is 0 Å². The lowest BCUT2D eigenvalue weighted by Crippen LogP contribution is -2.26. The van der Waals surface area contributed by atoms with Crippen LogP contribution >= 0.6 is 47.4 Å². The Balaban J connectivity index is 0.00000324. The van der Waals surface area contributed by atoms with Gasteiger partial charge in [-0.1, -0.05) is 23.2 Å². The van der Waals surface area contributed by atoms with Crippen LogP contribution in [-0.2, 0) is 4.79 Å². The Hall–Kier alpha value is -0.130. The second-order valence-electron chi connectivity index (χ2n) is 3.71. The first-order valence-electron chi connectivity index (χ1n) is 5.68. The summed E-state index contributed by atoms with van der Waals surface area (Å²) in [5.74, 6) is 0.330. The third-order valence-corrected chi connectivity index (χ3v) is 3.94. The molecule has 0 bridgehead atoms. The summed E-state index contributed by atoms with van der Waals surface area (Å²) in [4.78, 5) is 12.4. The van der Waals surface area contributed by atoms with Gasteiger partial charge < -0.3 is 11.1 Å². The van der Waals surface area contributed by atoms with Crippen molar-refractivity contribution >= 4 is 53.3 Å². The van der Waals surface area contributed by atoms with Gasteiger partial charge in [-0.2, -0.15) is 0 Å². The van der Waals surface area contributed by atoms with E-state index in [9.17, 15) is 4.79 Å². The minimum atomic E-state index is -0.00642. The second kappa shape index (κ2) is 10.6. The smallest absolute Gasteiger partial charge is 0.230 e. The van der Waals surface area contributed by atoms with Gasteiger partial charge in [0.1, 0.15) is 0 Å². The lowest BCUT2D eigenvalue weighted by atomic mass is 10.3. The highest BCUT2D eigenvalue weighted by Crippen LogP contribution is 2.29. The molecule has 1 aromatic carbocycles. The van der Waals surface area contributed by atoms with Crippen LogP contribution in [0, 0.1) is 0 Å². The molecule has 0 aromatic heterocycles. The predicted molar refractivity (Wildman–Crippen MR) is 85.7 cm³/mol. The Morgan fingerprint density at radius 2 is 2.05 bits per heavy atom. The number of carbonyl (C=O) groups excluding carboxylic acids is 1. The molecule has 0 fully saturated rings. The van der Waals surface area contributed by atoms with Crippen molar-refractivity contribution < 1.29 is 4.79 Å². The first kappa shape index (κ1) is 18.9. The van der Waals surface area contributed by atoms with Crippen LogP contribution in [0.4, 0.5) is 0 Å². The van der Waals surface area contributed by atoms with Crippen molar-refractivity contribution in [2.45, 2.75) is 17.7 Å². The maximum absolute atomic E-state index is 11.5. The van der Waals surface area contributed by atoms with Crippen molar-refractivity contribution in [1.82, 2.24) is 5.32 Å². The third-order valence-electron chi connectivity index (χ3n) is 2.21. The molecule has 0 atom stereocenters. The topological polar surface area (TPSA) is 55.1 Å². The van der Waals surface area contributed by atoms with E-state index in [1.807, 2.05) is 0 Å². The molecule has 1 aromatic rings. The van der Waals surface area contributed by atoms with Gasteiger partial charge in [0.25, 0.3) is 0 Å². The molecule has 0 saturated carbocycles. The first-order valence-corrected chi connectivity index (χ1v) is 7.42. The zero-order valence-corrected chi connectivity index (χ0v) is 13.5. The Kier molecular flexibility index (Phi) is 10.6. The maximum Gasteiger partial charge on any atom is 0.230 e. The standard InChI is InChI=1S/C12H16Cl2N2OS.ClH/c13-9-3-4-10(14)11(7-9)18-8-12(17)16-6-2-1-5-15;/h3-4,7H,1-2,5-6,8,15H2,(H,16,17);1H. The third kappa shape index (κ3) is 7.90. The van der Waals surface area contributed by atoms with E-state index in [0.29, 0.717) is 28.9 Å². The van der Waals surface area contributed by atoms with Gasteiger partial charge in [0.05, 0.1) is 10.8 Å². The Labute approximate surface area is 134 Å². The molecule has 1 amide bonds. The Bertz CT molecular complexity index is 405. The number of nitrogens with one attached hydrogen (secondary N) is 1. The highest BCUT2D eigenvalue weighted by atomic mass is 35.5. The number of halogens is 3. The van der Waals surface area contributed by atoms with E-state index in [4.69, 9.17) is 28.9 Å². The number of rotatable bonds is 7. The van der Waals surface area contributed by atoms with Gasteiger partial charge >= 0.3 is 0 Å². The molecule has 0 unspecified atom stereocenters. The SMILES string of the molecule is Cl.NCCCCNC(=O)CSc1cc(Cl)ccc1Cl. The van der Waals surface area contributed by atoms with E-state index in [-0.39, 0.29) is 18.3 Å². The van der Waals surface area contributed by atoms with Crippen LogP contribution in [0.15, 0.2) is 23.1 Å². The molecule has 7 heteroatoms. The monoisotopic (exact) mass is 342 g/mol. The Morgan fingerprint density at radius 1 is 1.32 bits per heavy atom. The van der Waals surface area contributed by atoms with Crippen LogP contribution < -0.4 is 11.1 Å². The molecule has 19 heavy (non-hydrogen) atoms. The van der Waals surface area contributed by atoms with Crippen LogP contribution in [0.1, 0.15) is 12.8 Å². The lowest BCUT2D eigenvalue weighted by Gasteiger charge is -2.06. The molecule has 0 radical (unpaired) electrons. The van der Waals surface area contributed by atoms with Crippen molar-refractivity contribution in [3.8, 4) is 0 Å². The van der Waals surface area contributed by atoms with Gasteiger partial charge in [-0.25, -0.2) is 0 Å². The number of amides is 1. The average molecular weight is 344 g/mol. The van der Waals surface area contributed by atoms with E-state index in [0.717, 1.165) is 17.7 Å². The zero-order chi connectivity index (χ0) is 13.4. The van der Waals surface area contributed by atoms with Crippen molar-refractivity contribution in [1.29, 1.82) is 0 Å². The summed E-state index contributed by atoms with van der Waals surface area (Å²) in [5.41, 5.74) is 5.37. The highest BCUT2D eigenvalue weighted by molar-refractivity contribution is 8.00. The quantitative estimate of drug-likeness (QED) is 0.589. The van der Waals surface area contributed by atoms with E-state index in [1.54, 1.807) is 18.2 Å². The van der Waals surface area contributed by atoms with Gasteiger partial charge in [-0.3, -0.25) is 4.79 Å². The summed E-state index contributed by atoms with van der Waals surface area (Å²) >= 11 is 13.2. The lowest BCUT2D eigenvalue weighted by molar-refractivity contribution is -0.118. The molecule has 0 aliphatic rings. The van der Waals surface area contributed by atoms with Crippen molar-refractivity contribution in [3.05, 3.63) is 28.2 Å². The van der Waals surface area contributed by atoms with Gasteiger partial charge in [-0.05, 0) is 37.6 Å². The van der Waals surface area contributed by atoms with Crippen LogP contribution in [0.5, 0.6) is 0 Å². The second-order valence-corrected chi connectivity index (χ2v) is 5.57. The minimum Gasteiger partial charge on any atom is -0.355 e. The van der Waals surface area contributed by atoms with Gasteiger partial charge in [-0.15, -0.1) is 24.2 Å². The van der Waals surface area contributed by atoms with Crippen molar-refractivity contribution in [2.75, 3.05) is 18.8 Å². The Morgan fingerprint density at radius 3 is 2.74 bits per heavy atom. The number of nitrogens with two attached hydrogens (primary N) is 1. The van der Waals surface area contributed by atoms with E-state index >= 15 is 0 Å². The number of unbranched alkanes of at least 4 members (excludes halogenated alkanes) is 1. The van der Waals surface area contributed by atoms with Crippen molar-refractivity contribution in [2.24, 2.45) is 5.73 Å². The average Bonchev–Trinajstić information content (AvgIpc) is 2.36. The van der Waals surface area contributed by atoms with E-state index in [1.165, 1.54) is 11.8 Å². The summed E-state index contributed by atoms with van der Waals surface area (Å²) < 4.78 is 0. The van der Waals surface area contributed by atoms with Gasteiger partial charge in [0.2, 0.25) is 5.91 Å². The summed E-state index contributed by atoms with van der Waals surface area (Å²) in [6.07, 6.45) is 1.83. The summed E-state index contributed by atoms with van der Waals surface area (Å²) in [7, 11) is 0. The summed E-state index contributed by atoms with van der Waals surface area (Å²) in [6.45, 7) is 1.32. The number of hydrogen-bond acceptors (Lipinski definition) is 3. The molecular formula is C12H17Cl3N2OS. The van der Waals surface area contributed by atoms with Crippen LogP contribution in [0.3, 0.4) is 0 Å². The van der Waals surface area contributed by atoms with Crippen LogP contribution in [0.25, 0.3) is 0 Å². The zero-order valence-electron chi connectivity index (χ0n) is 10.3. The molecule has 0 heterocycles. The van der Waals surface area contributed by atoms with E-state index in [2.05, 4.69) is 5.32 Å². The molecule has 0 saturated heterocycles. The number of hydrogen-bond donors (Lipinski definition) is 2. The fourth-order valence-electron chi connectivity index (χ4n) is 1.28. The summed E-state index contributed by atoms with van der Waals surface area (Å²) in [5, 5.41) is 4.06. The molecule has 0 aliphatic carbocycles. The molecule has 108 valence electrons. The van der Waals surface area contributed by atoms with Gasteiger partial charge in [0.15, 0.2) is 0 Å². The molecule has 1 rings (SSSR count). The van der Waals surface area contributed by atoms with Gasteiger partial charge in [0, 0.05) is 16.5 Å². The molecule has 0 spiro atoms. The summed E-state index contributed by atoms with van der Waals surface area (Å²) in [6, 6.07) is 5.21. The fourth-order valence-corrected chi connectivity index (χ4v) is 2.60. The molecule has 0 aliphatic heterocycles.